The van der Waals surface area contributed by atoms with Crippen molar-refractivity contribution in [2.45, 2.75) is 6.10 Å². The highest BCUT2D eigenvalue weighted by molar-refractivity contribution is 5.39. The summed E-state index contributed by atoms with van der Waals surface area (Å²) in [4.78, 5) is 0. The summed E-state index contributed by atoms with van der Waals surface area (Å²) >= 11 is 0. The van der Waals surface area contributed by atoms with Crippen LogP contribution in [-0.4, -0.2) is 117 Å². The highest BCUT2D eigenvalue weighted by Crippen LogP contribution is 2.26. The summed E-state index contributed by atoms with van der Waals surface area (Å²) in [6.07, 6.45) is -0.252. The van der Waals surface area contributed by atoms with E-state index in [4.69, 9.17) is 47.7 Å². The van der Waals surface area contributed by atoms with E-state index in [1.165, 1.54) is 0 Å². The summed E-state index contributed by atoms with van der Waals surface area (Å²) in [5.74, 6) is 1.47. The molecule has 1 aromatic carbocycles. The van der Waals surface area contributed by atoms with Crippen LogP contribution in [0, 0.1) is 0 Å². The number of hydrogen-bond acceptors (Lipinski definition) is 10. The number of aliphatic hydroxyl groups is 1. The van der Waals surface area contributed by atoms with Gasteiger partial charge in [-0.2, -0.15) is 0 Å². The molecule has 0 spiro atoms. The van der Waals surface area contributed by atoms with Gasteiger partial charge in [-0.1, -0.05) is 12.1 Å². The Morgan fingerprint density at radius 2 is 0.939 bits per heavy atom. The smallest absolute Gasteiger partial charge is 0.161 e. The fourth-order valence-electron chi connectivity index (χ4n) is 2.73. The van der Waals surface area contributed by atoms with Crippen LogP contribution in [0.1, 0.15) is 0 Å². The lowest BCUT2D eigenvalue weighted by molar-refractivity contribution is -0.0803. The molecule has 0 radical (unpaired) electrons. The SMILES string of the molecule is OCC1COCCOCCOCCO1.c1ccc2c(c1)OCCOCCOCCOCCO2. The van der Waals surface area contributed by atoms with E-state index in [-0.39, 0.29) is 12.7 Å². The third-order valence-electron chi connectivity index (χ3n) is 4.40. The van der Waals surface area contributed by atoms with Crippen molar-refractivity contribution in [2.75, 3.05) is 106 Å². The fraction of sp³-hybridized carbons (Fsp3) is 0.739. The molecule has 3 rings (SSSR count). The Hall–Kier alpha value is -1.50. The van der Waals surface area contributed by atoms with Crippen molar-refractivity contribution in [3.05, 3.63) is 24.3 Å². The second-order valence-electron chi connectivity index (χ2n) is 6.96. The van der Waals surface area contributed by atoms with Gasteiger partial charge in [-0.25, -0.2) is 0 Å². The maximum atomic E-state index is 8.92. The van der Waals surface area contributed by atoms with Crippen molar-refractivity contribution in [3.63, 3.8) is 0 Å². The van der Waals surface area contributed by atoms with E-state index in [9.17, 15) is 0 Å². The molecule has 0 amide bonds. The number of aliphatic hydroxyl groups excluding tert-OH is 1. The molecule has 33 heavy (non-hydrogen) atoms. The molecule has 2 heterocycles. The van der Waals surface area contributed by atoms with Gasteiger partial charge in [0, 0.05) is 0 Å². The second kappa shape index (κ2) is 19.9. The molecule has 10 heteroatoms. The van der Waals surface area contributed by atoms with Crippen LogP contribution in [0.3, 0.4) is 0 Å². The molecule has 0 aliphatic carbocycles. The molecule has 2 aliphatic heterocycles. The minimum atomic E-state index is -0.252. The normalized spacial score (nSPS) is 22.8. The standard InChI is InChI=1S/C14H20O5.C9H18O5/c1-2-4-14-13(3-1)18-11-9-16-7-5-15-6-8-17-10-12-19-14;10-7-9-8-13-4-3-11-1-2-12-5-6-14-9/h1-4H,5-12H2;9-10H,1-8H2. The molecule has 10 nitrogen and oxygen atoms in total. The largest absolute Gasteiger partial charge is 0.487 e. The number of rotatable bonds is 1. The molecule has 0 saturated carbocycles. The Balaban J connectivity index is 0.000000245. The number of hydrogen-bond donors (Lipinski definition) is 1. The third-order valence-corrected chi connectivity index (χ3v) is 4.40. The van der Waals surface area contributed by atoms with Crippen LogP contribution < -0.4 is 9.47 Å². The molecule has 1 unspecified atom stereocenters. The van der Waals surface area contributed by atoms with Crippen LogP contribution in [0.25, 0.3) is 0 Å². The van der Waals surface area contributed by atoms with E-state index < -0.39 is 0 Å². The van der Waals surface area contributed by atoms with Gasteiger partial charge in [0.05, 0.1) is 92.5 Å². The predicted molar refractivity (Wildman–Crippen MR) is 119 cm³/mol. The Kier molecular flexibility index (Phi) is 16.7. The molecule has 190 valence electrons. The number of benzene rings is 1. The van der Waals surface area contributed by atoms with Gasteiger partial charge in [0.1, 0.15) is 19.3 Å². The molecule has 0 bridgehead atoms. The summed E-state index contributed by atoms with van der Waals surface area (Å²) in [6, 6.07) is 7.61. The van der Waals surface area contributed by atoms with Gasteiger partial charge >= 0.3 is 0 Å². The zero-order chi connectivity index (χ0) is 23.2. The quantitative estimate of drug-likeness (QED) is 0.632. The van der Waals surface area contributed by atoms with E-state index in [0.29, 0.717) is 99.1 Å². The highest BCUT2D eigenvalue weighted by Gasteiger charge is 2.08. The zero-order valence-electron chi connectivity index (χ0n) is 19.3. The van der Waals surface area contributed by atoms with E-state index in [1.807, 2.05) is 24.3 Å². The van der Waals surface area contributed by atoms with E-state index >= 15 is 0 Å². The van der Waals surface area contributed by atoms with Gasteiger partial charge in [0.25, 0.3) is 0 Å². The average Bonchev–Trinajstić information content (AvgIpc) is 2.84. The van der Waals surface area contributed by atoms with Crippen molar-refractivity contribution in [2.24, 2.45) is 0 Å². The van der Waals surface area contributed by atoms with Crippen LogP contribution >= 0.6 is 0 Å². The van der Waals surface area contributed by atoms with Crippen LogP contribution in [-0.2, 0) is 33.2 Å². The first-order chi connectivity index (χ1) is 16.4. The van der Waals surface area contributed by atoms with Crippen molar-refractivity contribution >= 4 is 0 Å². The first-order valence-electron chi connectivity index (χ1n) is 11.4. The summed E-state index contributed by atoms with van der Waals surface area (Å²) in [7, 11) is 0. The third kappa shape index (κ3) is 14.4. The van der Waals surface area contributed by atoms with Gasteiger partial charge in [-0.15, -0.1) is 0 Å². The maximum absolute atomic E-state index is 8.92. The van der Waals surface area contributed by atoms with E-state index in [0.717, 1.165) is 11.5 Å². The lowest BCUT2D eigenvalue weighted by atomic mass is 10.3. The lowest BCUT2D eigenvalue weighted by Gasteiger charge is -2.17. The number of fused-ring (bicyclic) bond motifs is 1. The number of para-hydroxylation sites is 2. The summed E-state index contributed by atoms with van der Waals surface area (Å²) in [5, 5.41) is 8.92. The van der Waals surface area contributed by atoms with Gasteiger partial charge in [0.2, 0.25) is 0 Å². The van der Waals surface area contributed by atoms with Crippen molar-refractivity contribution in [3.8, 4) is 11.5 Å². The molecule has 1 aromatic rings. The first kappa shape index (κ1) is 27.7. The average molecular weight is 475 g/mol. The van der Waals surface area contributed by atoms with Gasteiger partial charge in [-0.05, 0) is 12.1 Å². The molecule has 1 N–H and O–H groups in total. The molecule has 1 saturated heterocycles. The van der Waals surface area contributed by atoms with E-state index in [2.05, 4.69) is 0 Å². The Morgan fingerprint density at radius 3 is 1.39 bits per heavy atom. The van der Waals surface area contributed by atoms with Crippen LogP contribution in [0.4, 0.5) is 0 Å². The molecule has 1 fully saturated rings. The van der Waals surface area contributed by atoms with Crippen molar-refractivity contribution in [1.82, 2.24) is 0 Å². The fourth-order valence-corrected chi connectivity index (χ4v) is 2.73. The van der Waals surface area contributed by atoms with Gasteiger partial charge < -0.3 is 47.7 Å². The van der Waals surface area contributed by atoms with Crippen LogP contribution in [0.5, 0.6) is 11.5 Å². The van der Waals surface area contributed by atoms with E-state index in [1.54, 1.807) is 0 Å². The Morgan fingerprint density at radius 1 is 0.545 bits per heavy atom. The molecular weight excluding hydrogens is 436 g/mol. The predicted octanol–water partition coefficient (Wildman–Crippen LogP) is 0.935. The highest BCUT2D eigenvalue weighted by atomic mass is 16.6. The van der Waals surface area contributed by atoms with Crippen molar-refractivity contribution in [1.29, 1.82) is 0 Å². The van der Waals surface area contributed by atoms with Crippen LogP contribution in [0.15, 0.2) is 24.3 Å². The monoisotopic (exact) mass is 474 g/mol. The molecule has 1 atom stereocenters. The topological polar surface area (TPSA) is 103 Å². The second-order valence-corrected chi connectivity index (χ2v) is 6.96. The van der Waals surface area contributed by atoms with Gasteiger partial charge in [-0.3, -0.25) is 0 Å². The zero-order valence-corrected chi connectivity index (χ0v) is 19.3. The minimum absolute atomic E-state index is 0.0269. The van der Waals surface area contributed by atoms with Crippen molar-refractivity contribution < 1.29 is 47.7 Å². The summed E-state index contributed by atoms with van der Waals surface area (Å²) < 4.78 is 48.4. The molecular formula is C23H38O10. The summed E-state index contributed by atoms with van der Waals surface area (Å²) in [5.41, 5.74) is 0. The molecule has 0 aromatic heterocycles. The summed E-state index contributed by atoms with van der Waals surface area (Å²) in [6.45, 7) is 8.00. The Bertz CT molecular complexity index is 529. The lowest BCUT2D eigenvalue weighted by Crippen LogP contribution is -2.27. The number of ether oxygens (including phenoxy) is 9. The first-order valence-corrected chi connectivity index (χ1v) is 11.4. The van der Waals surface area contributed by atoms with Crippen LogP contribution in [0.2, 0.25) is 0 Å². The minimum Gasteiger partial charge on any atom is -0.487 e. The van der Waals surface area contributed by atoms with Gasteiger partial charge in [0.15, 0.2) is 11.5 Å². The Labute approximate surface area is 195 Å². The maximum Gasteiger partial charge on any atom is 0.161 e. The molecule has 2 aliphatic rings.